The van der Waals surface area contributed by atoms with E-state index in [1.165, 1.54) is 8.61 Å². The summed E-state index contributed by atoms with van der Waals surface area (Å²) < 4.78 is 26.8. The highest BCUT2D eigenvalue weighted by atomic mass is 32.2. The Balaban J connectivity index is 1.95. The van der Waals surface area contributed by atoms with Crippen molar-refractivity contribution in [2.75, 3.05) is 26.2 Å². The van der Waals surface area contributed by atoms with Crippen LogP contribution in [0.25, 0.3) is 0 Å². The van der Waals surface area contributed by atoms with Crippen LogP contribution >= 0.6 is 0 Å². The van der Waals surface area contributed by atoms with Gasteiger partial charge in [0.2, 0.25) is 0 Å². The number of carbonyl (C=O) groups is 1. The molecule has 2 fully saturated rings. The number of nitrogens with zero attached hydrogens (tertiary/aromatic N) is 2. The maximum Gasteiger partial charge on any atom is 0.306 e. The normalized spacial score (nSPS) is 25.2. The smallest absolute Gasteiger partial charge is 0.306 e. The second-order valence-electron chi connectivity index (χ2n) is 4.27. The van der Waals surface area contributed by atoms with Crippen LogP contribution in [0.15, 0.2) is 0 Å². The molecule has 0 saturated carbocycles. The average Bonchev–Trinajstić information content (AvgIpc) is 2.14. The molecule has 2 saturated heterocycles. The fourth-order valence-electron chi connectivity index (χ4n) is 2.01. The summed E-state index contributed by atoms with van der Waals surface area (Å²) in [6, 6.07) is 0. The van der Waals surface area contributed by atoms with E-state index >= 15 is 0 Å². The van der Waals surface area contributed by atoms with Crippen LogP contribution < -0.4 is 0 Å². The Morgan fingerprint density at radius 2 is 1.56 bits per heavy atom. The lowest BCUT2D eigenvalue weighted by atomic mass is 9.99. The van der Waals surface area contributed by atoms with Crippen LogP contribution in [-0.2, 0) is 15.0 Å². The van der Waals surface area contributed by atoms with Gasteiger partial charge in [-0.15, -0.1) is 0 Å². The van der Waals surface area contributed by atoms with Crippen LogP contribution in [0.5, 0.6) is 0 Å². The van der Waals surface area contributed by atoms with Gasteiger partial charge >= 0.3 is 5.97 Å². The highest BCUT2D eigenvalue weighted by Gasteiger charge is 2.36. The molecule has 0 unspecified atom stereocenters. The lowest BCUT2D eigenvalue weighted by molar-refractivity contribution is -0.142. The van der Waals surface area contributed by atoms with E-state index in [0.29, 0.717) is 39.0 Å². The van der Waals surface area contributed by atoms with Crippen molar-refractivity contribution in [3.8, 4) is 0 Å². The SMILES string of the molecule is O=C(O)C1CCN(S(=O)(=O)N2CCC2)CC1. The first-order valence-electron chi connectivity index (χ1n) is 5.50. The first-order chi connectivity index (χ1) is 7.51. The van der Waals surface area contributed by atoms with Crippen LogP contribution in [-0.4, -0.2) is 54.3 Å². The van der Waals surface area contributed by atoms with E-state index < -0.39 is 16.2 Å². The number of piperidine rings is 1. The van der Waals surface area contributed by atoms with Gasteiger partial charge in [0.15, 0.2) is 0 Å². The molecule has 2 aliphatic rings. The molecule has 2 rings (SSSR count). The van der Waals surface area contributed by atoms with Crippen LogP contribution in [0, 0.1) is 5.92 Å². The molecule has 0 spiro atoms. The van der Waals surface area contributed by atoms with Gasteiger partial charge in [-0.05, 0) is 19.3 Å². The summed E-state index contributed by atoms with van der Waals surface area (Å²) >= 11 is 0. The minimum Gasteiger partial charge on any atom is -0.481 e. The third-order valence-corrected chi connectivity index (χ3v) is 5.31. The molecular formula is C9H16N2O4S. The molecule has 0 bridgehead atoms. The van der Waals surface area contributed by atoms with Gasteiger partial charge in [-0.3, -0.25) is 4.79 Å². The van der Waals surface area contributed by atoms with Gasteiger partial charge < -0.3 is 5.11 Å². The monoisotopic (exact) mass is 248 g/mol. The first-order valence-corrected chi connectivity index (χ1v) is 6.89. The van der Waals surface area contributed by atoms with E-state index in [-0.39, 0.29) is 5.92 Å². The van der Waals surface area contributed by atoms with Gasteiger partial charge in [0.05, 0.1) is 5.92 Å². The quantitative estimate of drug-likeness (QED) is 0.746. The summed E-state index contributed by atoms with van der Waals surface area (Å²) in [5.74, 6) is -1.20. The zero-order chi connectivity index (χ0) is 11.8. The Morgan fingerprint density at radius 3 is 1.94 bits per heavy atom. The Morgan fingerprint density at radius 1 is 1.06 bits per heavy atom. The van der Waals surface area contributed by atoms with Crippen molar-refractivity contribution in [2.24, 2.45) is 5.92 Å². The summed E-state index contributed by atoms with van der Waals surface area (Å²) in [6.45, 7) is 1.86. The molecule has 0 aliphatic carbocycles. The van der Waals surface area contributed by atoms with Crippen LogP contribution in [0.3, 0.4) is 0 Å². The molecule has 0 aromatic heterocycles. The summed E-state index contributed by atoms with van der Waals surface area (Å²) in [5.41, 5.74) is 0. The van der Waals surface area contributed by atoms with Crippen molar-refractivity contribution in [1.82, 2.24) is 8.61 Å². The number of aliphatic carboxylic acids is 1. The van der Waals surface area contributed by atoms with E-state index in [4.69, 9.17) is 5.11 Å². The van der Waals surface area contributed by atoms with Crippen LogP contribution in [0.1, 0.15) is 19.3 Å². The molecule has 7 heteroatoms. The first kappa shape index (κ1) is 11.8. The summed E-state index contributed by atoms with van der Waals surface area (Å²) in [4.78, 5) is 10.7. The second-order valence-corrected chi connectivity index (χ2v) is 6.20. The Bertz CT molecular complexity index is 369. The predicted octanol–water partition coefficient (Wildman–Crippen LogP) is -0.267. The van der Waals surface area contributed by atoms with E-state index in [1.54, 1.807) is 0 Å². The molecular weight excluding hydrogens is 232 g/mol. The third-order valence-electron chi connectivity index (χ3n) is 3.27. The van der Waals surface area contributed by atoms with Gasteiger partial charge in [0, 0.05) is 26.2 Å². The molecule has 6 nitrogen and oxygen atoms in total. The maximum atomic E-state index is 11.9. The van der Waals surface area contributed by atoms with Crippen molar-refractivity contribution in [2.45, 2.75) is 19.3 Å². The topological polar surface area (TPSA) is 77.9 Å². The summed E-state index contributed by atoms with van der Waals surface area (Å²) in [5, 5.41) is 8.82. The molecule has 0 aromatic rings. The predicted molar refractivity (Wildman–Crippen MR) is 57.0 cm³/mol. The third kappa shape index (κ3) is 2.07. The van der Waals surface area contributed by atoms with Crippen molar-refractivity contribution >= 4 is 16.2 Å². The van der Waals surface area contributed by atoms with Crippen molar-refractivity contribution in [3.63, 3.8) is 0 Å². The van der Waals surface area contributed by atoms with Crippen LogP contribution in [0.2, 0.25) is 0 Å². The highest BCUT2D eigenvalue weighted by Crippen LogP contribution is 2.23. The largest absolute Gasteiger partial charge is 0.481 e. The minimum absolute atomic E-state index is 0.329. The van der Waals surface area contributed by atoms with E-state index in [0.717, 1.165) is 6.42 Å². The molecule has 0 amide bonds. The lowest BCUT2D eigenvalue weighted by Crippen LogP contribution is -2.52. The second kappa shape index (κ2) is 4.31. The van der Waals surface area contributed by atoms with Gasteiger partial charge in [-0.25, -0.2) is 0 Å². The molecule has 1 N–H and O–H groups in total. The molecule has 2 aliphatic heterocycles. The molecule has 0 radical (unpaired) electrons. The Labute approximate surface area is 95.0 Å². The number of carboxylic acids is 1. The number of hydrogen-bond acceptors (Lipinski definition) is 3. The lowest BCUT2D eigenvalue weighted by Gasteiger charge is -2.37. The maximum absolute atomic E-state index is 11.9. The van der Waals surface area contributed by atoms with Crippen molar-refractivity contribution in [3.05, 3.63) is 0 Å². The fraction of sp³-hybridized carbons (Fsp3) is 0.889. The number of hydrogen-bond donors (Lipinski definition) is 1. The van der Waals surface area contributed by atoms with Crippen LogP contribution in [0.4, 0.5) is 0 Å². The Kier molecular flexibility index (Phi) is 3.18. The minimum atomic E-state index is -3.30. The molecule has 0 aromatic carbocycles. The van der Waals surface area contributed by atoms with E-state index in [9.17, 15) is 13.2 Å². The van der Waals surface area contributed by atoms with E-state index in [1.807, 2.05) is 0 Å². The van der Waals surface area contributed by atoms with Crippen molar-refractivity contribution < 1.29 is 18.3 Å². The van der Waals surface area contributed by atoms with E-state index in [2.05, 4.69) is 0 Å². The number of carboxylic acid groups (broad SMARTS) is 1. The van der Waals surface area contributed by atoms with Gasteiger partial charge in [0.25, 0.3) is 10.2 Å². The standard InChI is InChI=1S/C9H16N2O4S/c12-9(13)8-2-6-11(7-3-8)16(14,15)10-4-1-5-10/h8H,1-7H2,(H,12,13). The molecule has 92 valence electrons. The highest BCUT2D eigenvalue weighted by molar-refractivity contribution is 7.86. The summed E-state index contributed by atoms with van der Waals surface area (Å²) in [7, 11) is -3.30. The van der Waals surface area contributed by atoms with Gasteiger partial charge in [-0.2, -0.15) is 17.0 Å². The van der Waals surface area contributed by atoms with Crippen molar-refractivity contribution in [1.29, 1.82) is 0 Å². The average molecular weight is 248 g/mol. The molecule has 0 atom stereocenters. The molecule has 2 heterocycles. The zero-order valence-corrected chi connectivity index (χ0v) is 9.82. The fourth-order valence-corrected chi connectivity index (χ4v) is 3.73. The van der Waals surface area contributed by atoms with Gasteiger partial charge in [-0.1, -0.05) is 0 Å². The number of rotatable bonds is 3. The van der Waals surface area contributed by atoms with Gasteiger partial charge in [0.1, 0.15) is 0 Å². The Hall–Kier alpha value is -0.660. The summed E-state index contributed by atoms with van der Waals surface area (Å²) in [6.07, 6.45) is 1.76. The molecule has 16 heavy (non-hydrogen) atoms. The zero-order valence-electron chi connectivity index (χ0n) is 9.00.